The van der Waals surface area contributed by atoms with Crippen LogP contribution >= 0.6 is 35.3 Å². The van der Waals surface area contributed by atoms with Crippen LogP contribution in [-0.4, -0.2) is 27.0 Å². The summed E-state index contributed by atoms with van der Waals surface area (Å²) < 4.78 is 1.96. The van der Waals surface area contributed by atoms with Crippen molar-refractivity contribution >= 4 is 41.3 Å². The minimum Gasteiger partial charge on any atom is -0.357 e. The second kappa shape index (κ2) is 10.4. The Morgan fingerprint density at radius 2 is 2.00 bits per heavy atom. The SMILES string of the molecule is CCNC(=NCc1ccc(-n2ccnc2C)nc1)NCc1ccc(C)s1.I. The van der Waals surface area contributed by atoms with Crippen LogP contribution < -0.4 is 10.6 Å². The first-order chi connectivity index (χ1) is 12.7. The predicted molar refractivity (Wildman–Crippen MR) is 122 cm³/mol. The van der Waals surface area contributed by atoms with Crippen LogP contribution in [0.3, 0.4) is 0 Å². The van der Waals surface area contributed by atoms with Crippen molar-refractivity contribution in [2.24, 2.45) is 4.99 Å². The summed E-state index contributed by atoms with van der Waals surface area (Å²) in [6.07, 6.45) is 5.55. The monoisotopic (exact) mass is 496 g/mol. The van der Waals surface area contributed by atoms with E-state index in [9.17, 15) is 0 Å². The van der Waals surface area contributed by atoms with E-state index >= 15 is 0 Å². The number of halogens is 1. The second-order valence-corrected chi connectivity index (χ2v) is 7.30. The highest BCUT2D eigenvalue weighted by Gasteiger charge is 2.03. The summed E-state index contributed by atoms with van der Waals surface area (Å²) >= 11 is 1.80. The van der Waals surface area contributed by atoms with Crippen molar-refractivity contribution in [2.75, 3.05) is 6.54 Å². The minimum absolute atomic E-state index is 0. The van der Waals surface area contributed by atoms with Crippen LogP contribution in [0.15, 0.2) is 47.8 Å². The van der Waals surface area contributed by atoms with Gasteiger partial charge in [0.2, 0.25) is 0 Å². The van der Waals surface area contributed by atoms with Gasteiger partial charge in [0.1, 0.15) is 11.6 Å². The van der Waals surface area contributed by atoms with Gasteiger partial charge in [-0.05, 0) is 44.5 Å². The van der Waals surface area contributed by atoms with E-state index in [1.165, 1.54) is 9.75 Å². The molecule has 0 aliphatic heterocycles. The Kier molecular flexibility index (Phi) is 8.23. The summed E-state index contributed by atoms with van der Waals surface area (Å²) in [5.41, 5.74) is 1.07. The molecule has 0 aliphatic carbocycles. The number of hydrogen-bond acceptors (Lipinski definition) is 4. The average molecular weight is 496 g/mol. The first kappa shape index (κ1) is 21.4. The minimum atomic E-state index is 0. The van der Waals surface area contributed by atoms with Gasteiger partial charge in [-0.2, -0.15) is 0 Å². The number of rotatable bonds is 6. The third-order valence-corrected chi connectivity index (χ3v) is 4.87. The zero-order valence-corrected chi connectivity index (χ0v) is 18.9. The number of aromatic nitrogens is 3. The molecular weight excluding hydrogens is 471 g/mol. The molecule has 0 aromatic carbocycles. The molecule has 3 rings (SSSR count). The lowest BCUT2D eigenvalue weighted by Crippen LogP contribution is -2.36. The maximum atomic E-state index is 4.66. The largest absolute Gasteiger partial charge is 0.357 e. The summed E-state index contributed by atoms with van der Waals surface area (Å²) in [4.78, 5) is 16.0. The second-order valence-electron chi connectivity index (χ2n) is 5.93. The highest BCUT2D eigenvalue weighted by Crippen LogP contribution is 2.14. The smallest absolute Gasteiger partial charge is 0.191 e. The lowest BCUT2D eigenvalue weighted by molar-refractivity contribution is 0.822. The molecule has 0 saturated carbocycles. The summed E-state index contributed by atoms with van der Waals surface area (Å²) in [5.74, 6) is 2.60. The number of hydrogen-bond donors (Lipinski definition) is 2. The number of pyridine rings is 1. The Labute approximate surface area is 181 Å². The fourth-order valence-electron chi connectivity index (χ4n) is 2.54. The van der Waals surface area contributed by atoms with Gasteiger partial charge in [0.25, 0.3) is 0 Å². The van der Waals surface area contributed by atoms with Gasteiger partial charge >= 0.3 is 0 Å². The van der Waals surface area contributed by atoms with Gasteiger partial charge in [-0.25, -0.2) is 15.0 Å². The highest BCUT2D eigenvalue weighted by atomic mass is 127. The zero-order chi connectivity index (χ0) is 18.4. The maximum Gasteiger partial charge on any atom is 0.191 e. The van der Waals surface area contributed by atoms with Gasteiger partial charge < -0.3 is 10.6 Å². The topological polar surface area (TPSA) is 67.1 Å². The van der Waals surface area contributed by atoms with Crippen LogP contribution in [0.25, 0.3) is 5.82 Å². The fourth-order valence-corrected chi connectivity index (χ4v) is 3.37. The van der Waals surface area contributed by atoms with Crippen LogP contribution in [0, 0.1) is 13.8 Å². The molecule has 27 heavy (non-hydrogen) atoms. The Hall–Kier alpha value is -1.94. The molecule has 2 N–H and O–H groups in total. The molecule has 6 nitrogen and oxygen atoms in total. The number of aliphatic imine (C=N–C) groups is 1. The van der Waals surface area contributed by atoms with Crippen molar-refractivity contribution in [2.45, 2.75) is 33.9 Å². The van der Waals surface area contributed by atoms with E-state index in [-0.39, 0.29) is 24.0 Å². The Morgan fingerprint density at radius 3 is 2.59 bits per heavy atom. The van der Waals surface area contributed by atoms with Crippen molar-refractivity contribution in [3.05, 3.63) is 64.0 Å². The standard InChI is InChI=1S/C19H24N6S.HI/c1-4-20-19(24-13-17-7-5-14(2)26-17)23-12-16-6-8-18(22-11-16)25-10-9-21-15(25)3;/h5-11H,4,12-13H2,1-3H3,(H2,20,23,24);1H. The number of imidazole rings is 1. The highest BCUT2D eigenvalue weighted by molar-refractivity contribution is 14.0. The zero-order valence-electron chi connectivity index (χ0n) is 15.8. The predicted octanol–water partition coefficient (Wildman–Crippen LogP) is 3.82. The summed E-state index contributed by atoms with van der Waals surface area (Å²) in [7, 11) is 0. The average Bonchev–Trinajstić information content (AvgIpc) is 3.26. The molecule has 0 fully saturated rings. The van der Waals surface area contributed by atoms with E-state index in [0.29, 0.717) is 6.54 Å². The lowest BCUT2D eigenvalue weighted by atomic mass is 10.3. The van der Waals surface area contributed by atoms with Crippen molar-refractivity contribution in [1.29, 1.82) is 0 Å². The molecule has 3 aromatic heterocycles. The van der Waals surface area contributed by atoms with Gasteiger partial charge in [0, 0.05) is 34.9 Å². The third kappa shape index (κ3) is 6.03. The van der Waals surface area contributed by atoms with Gasteiger partial charge in [-0.3, -0.25) is 4.57 Å². The molecule has 0 amide bonds. The fraction of sp³-hybridized carbons (Fsp3) is 0.316. The van der Waals surface area contributed by atoms with Crippen LogP contribution in [0.4, 0.5) is 0 Å². The molecular formula is C19H25IN6S. The van der Waals surface area contributed by atoms with Gasteiger partial charge in [0.15, 0.2) is 5.96 Å². The van der Waals surface area contributed by atoms with Crippen molar-refractivity contribution < 1.29 is 0 Å². The van der Waals surface area contributed by atoms with Crippen LogP contribution in [0.1, 0.15) is 28.1 Å². The number of nitrogens with zero attached hydrogens (tertiary/aromatic N) is 4. The number of nitrogens with one attached hydrogen (secondary N) is 2. The Bertz CT molecular complexity index is 868. The van der Waals surface area contributed by atoms with E-state index in [1.54, 1.807) is 17.5 Å². The van der Waals surface area contributed by atoms with E-state index in [4.69, 9.17) is 0 Å². The van der Waals surface area contributed by atoms with E-state index in [2.05, 4.69) is 57.6 Å². The molecule has 0 unspecified atom stereocenters. The van der Waals surface area contributed by atoms with Gasteiger partial charge in [0.05, 0.1) is 13.1 Å². The summed E-state index contributed by atoms with van der Waals surface area (Å²) in [6.45, 7) is 8.33. The number of aryl methyl sites for hydroxylation is 2. The Balaban J connectivity index is 0.00000261. The summed E-state index contributed by atoms with van der Waals surface area (Å²) in [6, 6.07) is 8.34. The first-order valence-corrected chi connectivity index (χ1v) is 9.50. The molecule has 0 saturated heterocycles. The molecule has 0 atom stereocenters. The molecule has 0 radical (unpaired) electrons. The lowest BCUT2D eigenvalue weighted by Gasteiger charge is -2.10. The Morgan fingerprint density at radius 1 is 1.15 bits per heavy atom. The normalized spacial score (nSPS) is 11.1. The van der Waals surface area contributed by atoms with E-state index in [1.807, 2.05) is 30.0 Å². The van der Waals surface area contributed by atoms with Gasteiger partial charge in [-0.1, -0.05) is 6.07 Å². The molecule has 3 heterocycles. The van der Waals surface area contributed by atoms with Crippen molar-refractivity contribution in [3.63, 3.8) is 0 Å². The summed E-state index contributed by atoms with van der Waals surface area (Å²) in [5, 5.41) is 6.66. The molecule has 8 heteroatoms. The number of guanidine groups is 1. The van der Waals surface area contributed by atoms with Crippen LogP contribution in [0.2, 0.25) is 0 Å². The van der Waals surface area contributed by atoms with Crippen molar-refractivity contribution in [3.8, 4) is 5.82 Å². The van der Waals surface area contributed by atoms with Crippen molar-refractivity contribution in [1.82, 2.24) is 25.2 Å². The maximum absolute atomic E-state index is 4.66. The molecule has 0 bridgehead atoms. The molecule has 0 aliphatic rings. The van der Waals surface area contributed by atoms with E-state index in [0.717, 1.165) is 36.3 Å². The first-order valence-electron chi connectivity index (χ1n) is 8.68. The molecule has 144 valence electrons. The quantitative estimate of drug-likeness (QED) is 0.310. The molecule has 3 aromatic rings. The number of thiophene rings is 1. The third-order valence-electron chi connectivity index (χ3n) is 3.87. The molecule has 0 spiro atoms. The van der Waals surface area contributed by atoms with Crippen LogP contribution in [-0.2, 0) is 13.1 Å². The van der Waals surface area contributed by atoms with E-state index < -0.39 is 0 Å². The van der Waals surface area contributed by atoms with Crippen LogP contribution in [0.5, 0.6) is 0 Å². The van der Waals surface area contributed by atoms with Gasteiger partial charge in [-0.15, -0.1) is 35.3 Å².